The number of rotatable bonds is 14. The maximum atomic E-state index is 11.4. The van der Waals surface area contributed by atoms with Crippen LogP contribution in [0, 0.1) is 0 Å². The molecule has 0 saturated heterocycles. The van der Waals surface area contributed by atoms with E-state index < -0.39 is 62.2 Å². The van der Waals surface area contributed by atoms with Crippen molar-refractivity contribution in [1.82, 2.24) is 5.32 Å². The Morgan fingerprint density at radius 2 is 0.862 bits per heavy atom. The Hall–Kier alpha value is -3.22. The molecule has 29 heavy (non-hydrogen) atoms. The van der Waals surface area contributed by atoms with Gasteiger partial charge in [0.15, 0.2) is 26.4 Å². The molecule has 0 aromatic heterocycles. The second-order valence-electron chi connectivity index (χ2n) is 5.07. The van der Waals surface area contributed by atoms with E-state index in [0.29, 0.717) is 13.1 Å². The first kappa shape index (κ1) is 25.8. The van der Waals surface area contributed by atoms with E-state index in [1.54, 1.807) is 0 Å². The third-order valence-corrected chi connectivity index (χ3v) is 2.57. The SMILES string of the molecule is CC(=O)OCCNCCOC(=O)COC(=O)COC(=O)COC(=O)COC(C)=O. The summed E-state index contributed by atoms with van der Waals surface area (Å²) in [6, 6.07) is 0. The van der Waals surface area contributed by atoms with Crippen LogP contribution in [0.25, 0.3) is 0 Å². The predicted molar refractivity (Wildman–Crippen MR) is 90.0 cm³/mol. The van der Waals surface area contributed by atoms with Crippen LogP contribution in [0.3, 0.4) is 0 Å². The van der Waals surface area contributed by atoms with Crippen molar-refractivity contribution in [2.45, 2.75) is 13.8 Å². The summed E-state index contributed by atoms with van der Waals surface area (Å²) in [7, 11) is 0. The van der Waals surface area contributed by atoms with Gasteiger partial charge in [0, 0.05) is 26.9 Å². The van der Waals surface area contributed by atoms with E-state index >= 15 is 0 Å². The number of esters is 6. The highest BCUT2D eigenvalue weighted by Crippen LogP contribution is 1.89. The molecular formula is C16H23NO12. The summed E-state index contributed by atoms with van der Waals surface area (Å²) in [4.78, 5) is 66.0. The number of hydrogen-bond donors (Lipinski definition) is 1. The van der Waals surface area contributed by atoms with Crippen LogP contribution in [0.4, 0.5) is 0 Å². The molecule has 0 aliphatic carbocycles. The number of nitrogens with one attached hydrogen (secondary N) is 1. The quantitative estimate of drug-likeness (QED) is 0.183. The molecule has 0 radical (unpaired) electrons. The van der Waals surface area contributed by atoms with Crippen LogP contribution < -0.4 is 5.32 Å². The molecule has 13 nitrogen and oxygen atoms in total. The molecule has 164 valence electrons. The maximum absolute atomic E-state index is 11.4. The molecule has 0 aromatic carbocycles. The van der Waals surface area contributed by atoms with Crippen molar-refractivity contribution in [1.29, 1.82) is 0 Å². The second kappa shape index (κ2) is 15.8. The Bertz CT molecular complexity index is 588. The largest absolute Gasteiger partial charge is 0.465 e. The number of carbonyl (C=O) groups excluding carboxylic acids is 6. The first-order chi connectivity index (χ1) is 13.7. The minimum atomic E-state index is -1.04. The third-order valence-electron chi connectivity index (χ3n) is 2.57. The summed E-state index contributed by atoms with van der Waals surface area (Å²) in [5.74, 6) is -4.93. The van der Waals surface area contributed by atoms with Crippen molar-refractivity contribution in [3.63, 3.8) is 0 Å². The van der Waals surface area contributed by atoms with Gasteiger partial charge in [0.2, 0.25) is 0 Å². The van der Waals surface area contributed by atoms with Crippen LogP contribution >= 0.6 is 0 Å². The molecule has 0 atom stereocenters. The van der Waals surface area contributed by atoms with Crippen LogP contribution in [-0.4, -0.2) is 88.5 Å². The Kier molecular flexibility index (Phi) is 14.0. The van der Waals surface area contributed by atoms with Gasteiger partial charge in [-0.15, -0.1) is 0 Å². The lowest BCUT2D eigenvalue weighted by Gasteiger charge is -2.08. The molecular weight excluding hydrogens is 398 g/mol. The van der Waals surface area contributed by atoms with Crippen molar-refractivity contribution in [2.24, 2.45) is 0 Å². The molecule has 0 unspecified atom stereocenters. The predicted octanol–water partition coefficient (Wildman–Crippen LogP) is -2.12. The van der Waals surface area contributed by atoms with Gasteiger partial charge in [-0.2, -0.15) is 0 Å². The Morgan fingerprint density at radius 3 is 1.28 bits per heavy atom. The van der Waals surface area contributed by atoms with Crippen molar-refractivity contribution in [3.8, 4) is 0 Å². The summed E-state index contributed by atoms with van der Waals surface area (Å²) in [6.45, 7) is 0.322. The van der Waals surface area contributed by atoms with E-state index in [2.05, 4.69) is 29.0 Å². The molecule has 0 fully saturated rings. The standard InChI is InChI=1S/C16H23NO12/c1-11(18)24-5-3-17-4-6-25-13(20)8-27-15(22)10-29-16(23)9-28-14(21)7-26-12(2)19/h17H,3-10H2,1-2H3. The normalized spacial score (nSPS) is 9.72. The Morgan fingerprint density at radius 1 is 0.517 bits per heavy atom. The molecule has 0 amide bonds. The maximum Gasteiger partial charge on any atom is 0.344 e. The summed E-state index contributed by atoms with van der Waals surface area (Å²) in [5.41, 5.74) is 0. The van der Waals surface area contributed by atoms with Crippen molar-refractivity contribution in [3.05, 3.63) is 0 Å². The van der Waals surface area contributed by atoms with E-state index in [9.17, 15) is 28.8 Å². The first-order valence-electron chi connectivity index (χ1n) is 8.30. The minimum absolute atomic E-state index is 0.00412. The van der Waals surface area contributed by atoms with Crippen LogP contribution in [0.5, 0.6) is 0 Å². The van der Waals surface area contributed by atoms with Crippen molar-refractivity contribution in [2.75, 3.05) is 52.7 Å². The average Bonchev–Trinajstić information content (AvgIpc) is 2.66. The monoisotopic (exact) mass is 421 g/mol. The second-order valence-corrected chi connectivity index (χ2v) is 5.07. The van der Waals surface area contributed by atoms with Crippen molar-refractivity contribution < 1.29 is 57.2 Å². The lowest BCUT2D eigenvalue weighted by Crippen LogP contribution is -2.27. The lowest BCUT2D eigenvalue weighted by atomic mass is 10.6. The molecule has 0 rings (SSSR count). The molecule has 1 N–H and O–H groups in total. The highest BCUT2D eigenvalue weighted by Gasteiger charge is 2.14. The van der Waals surface area contributed by atoms with E-state index in [1.165, 1.54) is 6.92 Å². The van der Waals surface area contributed by atoms with Gasteiger partial charge in [0.1, 0.15) is 13.2 Å². The summed E-state index contributed by atoms with van der Waals surface area (Å²) in [5, 5.41) is 2.85. The van der Waals surface area contributed by atoms with Crippen LogP contribution in [0.15, 0.2) is 0 Å². The molecule has 0 saturated carbocycles. The Balaban J connectivity index is 3.68. The molecule has 0 bridgehead atoms. The molecule has 13 heteroatoms. The van der Waals surface area contributed by atoms with E-state index in [0.717, 1.165) is 6.92 Å². The van der Waals surface area contributed by atoms with Crippen LogP contribution in [0.1, 0.15) is 13.8 Å². The summed E-state index contributed by atoms with van der Waals surface area (Å²) >= 11 is 0. The minimum Gasteiger partial charge on any atom is -0.465 e. The van der Waals surface area contributed by atoms with Gasteiger partial charge in [-0.25, -0.2) is 19.2 Å². The summed E-state index contributed by atoms with van der Waals surface area (Å²) in [6.07, 6.45) is 0. The summed E-state index contributed by atoms with van der Waals surface area (Å²) < 4.78 is 27.2. The van der Waals surface area contributed by atoms with Gasteiger partial charge < -0.3 is 33.7 Å². The van der Waals surface area contributed by atoms with Crippen LogP contribution in [0.2, 0.25) is 0 Å². The highest BCUT2D eigenvalue weighted by molar-refractivity contribution is 5.81. The van der Waals surface area contributed by atoms with Gasteiger partial charge in [-0.1, -0.05) is 0 Å². The third kappa shape index (κ3) is 17.9. The topological polar surface area (TPSA) is 170 Å². The molecule has 0 aliphatic heterocycles. The van der Waals surface area contributed by atoms with Crippen LogP contribution in [-0.2, 0) is 57.2 Å². The van der Waals surface area contributed by atoms with Gasteiger partial charge in [0.05, 0.1) is 0 Å². The Labute approximate surface area is 165 Å². The molecule has 0 aromatic rings. The van der Waals surface area contributed by atoms with Gasteiger partial charge >= 0.3 is 35.8 Å². The lowest BCUT2D eigenvalue weighted by molar-refractivity contribution is -0.169. The van der Waals surface area contributed by atoms with Gasteiger partial charge in [0.25, 0.3) is 0 Å². The van der Waals surface area contributed by atoms with E-state index in [4.69, 9.17) is 4.74 Å². The van der Waals surface area contributed by atoms with E-state index in [-0.39, 0.29) is 13.2 Å². The van der Waals surface area contributed by atoms with Crippen molar-refractivity contribution >= 4 is 35.8 Å². The fourth-order valence-electron chi connectivity index (χ4n) is 1.37. The number of carbonyl (C=O) groups is 6. The molecule has 0 heterocycles. The average molecular weight is 421 g/mol. The number of hydrogen-bond acceptors (Lipinski definition) is 13. The highest BCUT2D eigenvalue weighted by atomic mass is 16.6. The van der Waals surface area contributed by atoms with Gasteiger partial charge in [-0.05, 0) is 0 Å². The first-order valence-corrected chi connectivity index (χ1v) is 8.30. The fourth-order valence-corrected chi connectivity index (χ4v) is 1.37. The number of ether oxygens (including phenoxy) is 6. The zero-order valence-electron chi connectivity index (χ0n) is 16.1. The van der Waals surface area contributed by atoms with E-state index in [1.807, 2.05) is 0 Å². The zero-order chi connectivity index (χ0) is 22.1. The van der Waals surface area contributed by atoms with Gasteiger partial charge in [-0.3, -0.25) is 9.59 Å². The fraction of sp³-hybridized carbons (Fsp3) is 0.625. The zero-order valence-corrected chi connectivity index (χ0v) is 16.1. The molecule has 0 spiro atoms. The molecule has 0 aliphatic rings. The smallest absolute Gasteiger partial charge is 0.344 e.